The van der Waals surface area contributed by atoms with Crippen LogP contribution in [0.15, 0.2) is 66.1 Å². The highest BCUT2D eigenvalue weighted by Crippen LogP contribution is 2.50. The van der Waals surface area contributed by atoms with Gasteiger partial charge in [0.15, 0.2) is 0 Å². The van der Waals surface area contributed by atoms with Crippen LogP contribution in [0.1, 0.15) is 18.9 Å². The van der Waals surface area contributed by atoms with Crippen molar-refractivity contribution in [3.8, 4) is 0 Å². The van der Waals surface area contributed by atoms with E-state index in [2.05, 4.69) is 71.9 Å². The highest BCUT2D eigenvalue weighted by Gasteiger charge is 2.42. The molecular formula is C20H21N3. The average molecular weight is 303 g/mol. The molecular weight excluding hydrogens is 282 g/mol. The molecule has 0 bridgehead atoms. The second-order valence-electron chi connectivity index (χ2n) is 6.56. The fourth-order valence-electron chi connectivity index (χ4n) is 3.19. The Morgan fingerprint density at radius 3 is 2.39 bits per heavy atom. The van der Waals surface area contributed by atoms with Crippen molar-refractivity contribution in [2.24, 2.45) is 11.8 Å². The van der Waals surface area contributed by atoms with Crippen molar-refractivity contribution in [3.05, 3.63) is 71.7 Å². The maximum Gasteiger partial charge on any atom is 0.0591 e. The van der Waals surface area contributed by atoms with Gasteiger partial charge in [-0.15, -0.1) is 0 Å². The first-order chi connectivity index (χ1) is 11.2. The standard InChI is InChI=1S/C20H21N3/c1-13-3-6-15(7-4-13)22-16-9-17(12-21-11-16)23-20-8-5-14(2)18-10-19(18)20/h3-9,11-12,18-19,22-23H,10H2,1-2H3. The fourth-order valence-corrected chi connectivity index (χ4v) is 3.19. The van der Waals surface area contributed by atoms with E-state index < -0.39 is 0 Å². The zero-order valence-corrected chi connectivity index (χ0v) is 13.5. The number of hydrogen-bond donors (Lipinski definition) is 2. The number of aromatic nitrogens is 1. The summed E-state index contributed by atoms with van der Waals surface area (Å²) in [5.74, 6) is 1.43. The predicted molar refractivity (Wildman–Crippen MR) is 95.8 cm³/mol. The first-order valence-corrected chi connectivity index (χ1v) is 8.13. The third-order valence-corrected chi connectivity index (χ3v) is 4.67. The Labute approximate surface area is 137 Å². The van der Waals surface area contributed by atoms with E-state index in [-0.39, 0.29) is 0 Å². The van der Waals surface area contributed by atoms with Gasteiger partial charge in [-0.3, -0.25) is 4.98 Å². The Morgan fingerprint density at radius 1 is 0.870 bits per heavy atom. The monoisotopic (exact) mass is 303 g/mol. The van der Waals surface area contributed by atoms with Gasteiger partial charge in [0.05, 0.1) is 23.8 Å². The van der Waals surface area contributed by atoms with E-state index in [0.29, 0.717) is 5.92 Å². The Hall–Kier alpha value is -2.55. The zero-order valence-electron chi connectivity index (χ0n) is 13.5. The van der Waals surface area contributed by atoms with Crippen LogP contribution in [0.4, 0.5) is 17.1 Å². The average Bonchev–Trinajstić information content (AvgIpc) is 3.35. The van der Waals surface area contributed by atoms with E-state index in [0.717, 1.165) is 23.0 Å². The molecule has 2 N–H and O–H groups in total. The van der Waals surface area contributed by atoms with Crippen LogP contribution >= 0.6 is 0 Å². The molecule has 2 atom stereocenters. The molecule has 1 aromatic carbocycles. The smallest absolute Gasteiger partial charge is 0.0591 e. The number of rotatable bonds is 4. The summed E-state index contributed by atoms with van der Waals surface area (Å²) < 4.78 is 0. The third-order valence-electron chi connectivity index (χ3n) is 4.67. The molecule has 1 saturated carbocycles. The van der Waals surface area contributed by atoms with Crippen LogP contribution in [-0.4, -0.2) is 4.98 Å². The first kappa shape index (κ1) is 14.1. The van der Waals surface area contributed by atoms with Gasteiger partial charge in [0, 0.05) is 17.3 Å². The largest absolute Gasteiger partial charge is 0.357 e. The lowest BCUT2D eigenvalue weighted by atomic mass is 10.0. The molecule has 3 heteroatoms. The molecule has 2 aromatic rings. The minimum Gasteiger partial charge on any atom is -0.357 e. The molecule has 23 heavy (non-hydrogen) atoms. The molecule has 1 fully saturated rings. The molecule has 0 amide bonds. The number of benzene rings is 1. The van der Waals surface area contributed by atoms with Crippen LogP contribution in [0.25, 0.3) is 0 Å². The molecule has 0 aliphatic heterocycles. The third kappa shape index (κ3) is 3.00. The number of nitrogens with zero attached hydrogens (tertiary/aromatic N) is 1. The molecule has 0 radical (unpaired) electrons. The summed E-state index contributed by atoms with van der Waals surface area (Å²) in [4.78, 5) is 4.35. The van der Waals surface area contributed by atoms with Gasteiger partial charge >= 0.3 is 0 Å². The zero-order chi connectivity index (χ0) is 15.8. The quantitative estimate of drug-likeness (QED) is 0.832. The van der Waals surface area contributed by atoms with Gasteiger partial charge in [0.25, 0.3) is 0 Å². The van der Waals surface area contributed by atoms with Crippen molar-refractivity contribution < 1.29 is 0 Å². The van der Waals surface area contributed by atoms with Gasteiger partial charge < -0.3 is 10.6 Å². The second kappa shape index (κ2) is 5.58. The molecule has 1 aromatic heterocycles. The van der Waals surface area contributed by atoms with E-state index in [9.17, 15) is 0 Å². The second-order valence-corrected chi connectivity index (χ2v) is 6.56. The summed E-state index contributed by atoms with van der Waals surface area (Å²) >= 11 is 0. The summed E-state index contributed by atoms with van der Waals surface area (Å²) in [5.41, 5.74) is 7.19. The van der Waals surface area contributed by atoms with E-state index in [1.807, 2.05) is 12.4 Å². The normalized spacial score (nSPS) is 21.8. The minimum absolute atomic E-state index is 0.675. The van der Waals surface area contributed by atoms with Crippen molar-refractivity contribution in [1.29, 1.82) is 0 Å². The summed E-state index contributed by atoms with van der Waals surface area (Å²) in [6, 6.07) is 10.5. The van der Waals surface area contributed by atoms with E-state index in [1.54, 1.807) is 0 Å². The van der Waals surface area contributed by atoms with Crippen LogP contribution in [0, 0.1) is 18.8 Å². The Balaban J connectivity index is 1.49. The lowest BCUT2D eigenvalue weighted by Crippen LogP contribution is -2.06. The van der Waals surface area contributed by atoms with Crippen LogP contribution in [-0.2, 0) is 0 Å². The summed E-state index contributed by atoms with van der Waals surface area (Å²) in [5, 5.41) is 6.95. The van der Waals surface area contributed by atoms with Crippen LogP contribution in [0.5, 0.6) is 0 Å². The molecule has 4 rings (SSSR count). The maximum atomic E-state index is 4.35. The van der Waals surface area contributed by atoms with Crippen molar-refractivity contribution in [1.82, 2.24) is 4.98 Å². The van der Waals surface area contributed by atoms with Gasteiger partial charge in [-0.25, -0.2) is 0 Å². The summed E-state index contributed by atoms with van der Waals surface area (Å²) in [6.45, 7) is 4.32. The van der Waals surface area contributed by atoms with Gasteiger partial charge in [-0.2, -0.15) is 0 Å². The summed E-state index contributed by atoms with van der Waals surface area (Å²) in [7, 11) is 0. The molecule has 1 heterocycles. The van der Waals surface area contributed by atoms with E-state index in [4.69, 9.17) is 0 Å². The first-order valence-electron chi connectivity index (χ1n) is 8.13. The molecule has 2 unspecified atom stereocenters. The van der Waals surface area contributed by atoms with E-state index >= 15 is 0 Å². The van der Waals surface area contributed by atoms with Crippen LogP contribution in [0.3, 0.4) is 0 Å². The Bertz CT molecular complexity index is 787. The van der Waals surface area contributed by atoms with Crippen LogP contribution in [0.2, 0.25) is 0 Å². The van der Waals surface area contributed by atoms with Crippen molar-refractivity contribution in [2.75, 3.05) is 10.6 Å². The van der Waals surface area contributed by atoms with E-state index in [1.165, 1.54) is 23.3 Å². The SMILES string of the molecule is CC1=CC=C(Nc2cncc(Nc3ccc(C)cc3)c2)C2CC12. The van der Waals surface area contributed by atoms with Gasteiger partial charge in [0.2, 0.25) is 0 Å². The molecule has 0 spiro atoms. The molecule has 0 saturated heterocycles. The maximum absolute atomic E-state index is 4.35. The van der Waals surface area contributed by atoms with Crippen LogP contribution < -0.4 is 10.6 Å². The molecule has 3 nitrogen and oxygen atoms in total. The lowest BCUT2D eigenvalue weighted by Gasteiger charge is -2.15. The highest BCUT2D eigenvalue weighted by molar-refractivity contribution is 5.64. The topological polar surface area (TPSA) is 37.0 Å². The number of pyridine rings is 1. The molecule has 2 aliphatic rings. The van der Waals surface area contributed by atoms with Gasteiger partial charge in [0.1, 0.15) is 0 Å². The number of anilines is 3. The van der Waals surface area contributed by atoms with Gasteiger partial charge in [-0.05, 0) is 50.5 Å². The highest BCUT2D eigenvalue weighted by atomic mass is 15.0. The fraction of sp³-hybridized carbons (Fsp3) is 0.250. The van der Waals surface area contributed by atoms with Gasteiger partial charge in [-0.1, -0.05) is 29.3 Å². The predicted octanol–water partition coefficient (Wildman–Crippen LogP) is 5.03. The van der Waals surface area contributed by atoms with Crippen molar-refractivity contribution in [2.45, 2.75) is 20.3 Å². The number of fused-ring (bicyclic) bond motifs is 1. The lowest BCUT2D eigenvalue weighted by molar-refractivity contribution is 0.864. The minimum atomic E-state index is 0.675. The molecule has 2 aliphatic carbocycles. The number of nitrogens with one attached hydrogen (secondary N) is 2. The van der Waals surface area contributed by atoms with Crippen molar-refractivity contribution in [3.63, 3.8) is 0 Å². The Morgan fingerprint density at radius 2 is 1.61 bits per heavy atom. The van der Waals surface area contributed by atoms with Crippen molar-refractivity contribution >= 4 is 17.1 Å². The number of allylic oxidation sites excluding steroid dienone is 4. The number of hydrogen-bond acceptors (Lipinski definition) is 3. The Kier molecular flexibility index (Phi) is 3.41. The molecule has 116 valence electrons. The number of aryl methyl sites for hydroxylation is 1. The summed E-state index contributed by atoms with van der Waals surface area (Å²) in [6.07, 6.45) is 9.45.